The van der Waals surface area contributed by atoms with E-state index in [2.05, 4.69) is 31.9 Å². The van der Waals surface area contributed by atoms with Crippen LogP contribution in [0.1, 0.15) is 45.6 Å². The smallest absolute Gasteiger partial charge is 0.255 e. The van der Waals surface area contributed by atoms with Crippen LogP contribution in [0.4, 0.5) is 10.2 Å². The van der Waals surface area contributed by atoms with Crippen molar-refractivity contribution in [2.75, 3.05) is 5.73 Å². The quantitative estimate of drug-likeness (QED) is 0.260. The van der Waals surface area contributed by atoms with E-state index in [1.165, 1.54) is 6.20 Å². The van der Waals surface area contributed by atoms with Gasteiger partial charge in [-0.3, -0.25) is 14.5 Å². The Morgan fingerprint density at radius 3 is 2.72 bits per heavy atom. The predicted octanol–water partition coefficient (Wildman–Crippen LogP) is 4.80. The first-order chi connectivity index (χ1) is 18.8. The van der Waals surface area contributed by atoms with Gasteiger partial charge in [0.2, 0.25) is 5.95 Å². The summed E-state index contributed by atoms with van der Waals surface area (Å²) in [7, 11) is 1.82. The average Bonchev–Trinajstić information content (AvgIpc) is 3.68. The van der Waals surface area contributed by atoms with Gasteiger partial charge in [0.05, 0.1) is 51.0 Å². The Labute approximate surface area is 228 Å². The molecule has 0 unspecified atom stereocenters. The number of amides is 1. The van der Waals surface area contributed by atoms with Crippen molar-refractivity contribution >= 4 is 45.1 Å². The minimum atomic E-state index is -0.610. The molecule has 4 aromatic heterocycles. The van der Waals surface area contributed by atoms with E-state index in [0.717, 1.165) is 40.4 Å². The molecule has 1 aromatic carbocycles. The number of rotatable bonds is 4. The second-order valence-electron chi connectivity index (χ2n) is 9.62. The van der Waals surface area contributed by atoms with Gasteiger partial charge >= 0.3 is 0 Å². The molecule has 5 aromatic rings. The summed E-state index contributed by atoms with van der Waals surface area (Å²) in [6.45, 7) is 2.24. The molecule has 2 N–H and O–H groups in total. The van der Waals surface area contributed by atoms with E-state index < -0.39 is 5.95 Å². The maximum Gasteiger partial charge on any atom is 0.255 e. The number of hydrogen-bond acceptors (Lipinski definition) is 6. The summed E-state index contributed by atoms with van der Waals surface area (Å²) in [4.78, 5) is 28.3. The molecule has 39 heavy (non-hydrogen) atoms. The van der Waals surface area contributed by atoms with Gasteiger partial charge in [-0.2, -0.15) is 9.49 Å². The molecule has 0 saturated heterocycles. The highest BCUT2D eigenvalue weighted by Gasteiger charge is 2.34. The minimum absolute atomic E-state index is 0.112. The van der Waals surface area contributed by atoms with E-state index in [4.69, 9.17) is 17.3 Å². The number of nitrogens with zero attached hydrogens (tertiary/aromatic N) is 6. The number of carbonyl (C=O) groups excluding carboxylic acids is 1. The first-order valence-corrected chi connectivity index (χ1v) is 12.8. The van der Waals surface area contributed by atoms with Gasteiger partial charge in [-0.1, -0.05) is 23.4 Å². The molecule has 1 fully saturated rings. The third-order valence-electron chi connectivity index (χ3n) is 6.87. The van der Waals surface area contributed by atoms with Crippen molar-refractivity contribution in [3.05, 3.63) is 87.8 Å². The lowest BCUT2D eigenvalue weighted by atomic mass is 10.1. The summed E-state index contributed by atoms with van der Waals surface area (Å²) in [5.41, 5.74) is 10.4. The largest absolute Gasteiger partial charge is 0.383 e. The van der Waals surface area contributed by atoms with Crippen LogP contribution < -0.4 is 5.73 Å². The molecule has 194 valence electrons. The number of anilines is 1. The SMILES string of the molecule is Cc1cc(CN(C(=O)c2cc3c(cc2Cl)nc(N)c2cnn(C)c23)C2CC2)ncc1C#Cc1cccnc1F. The number of aromatic nitrogens is 5. The molecule has 0 aliphatic heterocycles. The lowest BCUT2D eigenvalue weighted by molar-refractivity contribution is 0.0728. The zero-order valence-corrected chi connectivity index (χ0v) is 22.0. The standard InChI is InChI=1S/C29H23ClFN7O/c1-16-10-19(34-13-18(16)6-5-17-4-3-9-33-27(17)31)15-38(20-7-8-20)29(39)21-11-22-25(12-24(21)30)36-28(32)23-14-35-37(2)26(22)23/h3-4,9-14,20H,7-8,15H2,1-2H3,(H2,32,36). The highest BCUT2D eigenvalue weighted by atomic mass is 35.5. The normalized spacial score (nSPS) is 12.9. The molecule has 4 heterocycles. The van der Waals surface area contributed by atoms with Crippen molar-refractivity contribution in [3.8, 4) is 11.8 Å². The van der Waals surface area contributed by atoms with Gasteiger partial charge in [-0.25, -0.2) is 9.97 Å². The molecule has 8 nitrogen and oxygen atoms in total. The zero-order valence-electron chi connectivity index (χ0n) is 21.2. The number of aryl methyl sites for hydroxylation is 2. The topological polar surface area (TPSA) is 103 Å². The summed E-state index contributed by atoms with van der Waals surface area (Å²) >= 11 is 6.62. The highest BCUT2D eigenvalue weighted by Crippen LogP contribution is 2.35. The van der Waals surface area contributed by atoms with Crippen molar-refractivity contribution < 1.29 is 9.18 Å². The zero-order chi connectivity index (χ0) is 27.3. The van der Waals surface area contributed by atoms with Crippen LogP contribution in [0.15, 0.2) is 48.9 Å². The molecule has 1 saturated carbocycles. The van der Waals surface area contributed by atoms with Crippen LogP contribution >= 0.6 is 11.6 Å². The fourth-order valence-electron chi connectivity index (χ4n) is 4.67. The second-order valence-corrected chi connectivity index (χ2v) is 10.0. The van der Waals surface area contributed by atoms with E-state index >= 15 is 0 Å². The molecule has 1 amide bonds. The van der Waals surface area contributed by atoms with Crippen LogP contribution in [0, 0.1) is 24.7 Å². The van der Waals surface area contributed by atoms with E-state index in [9.17, 15) is 9.18 Å². The molecule has 0 atom stereocenters. The number of fused-ring (bicyclic) bond motifs is 3. The van der Waals surface area contributed by atoms with E-state index in [0.29, 0.717) is 34.0 Å². The average molecular weight is 540 g/mol. The van der Waals surface area contributed by atoms with Crippen LogP contribution in [0.2, 0.25) is 5.02 Å². The van der Waals surface area contributed by atoms with Crippen molar-refractivity contribution in [2.24, 2.45) is 7.05 Å². The molecular weight excluding hydrogens is 517 g/mol. The lowest BCUT2D eigenvalue weighted by Crippen LogP contribution is -2.33. The molecule has 6 rings (SSSR count). The Morgan fingerprint density at radius 1 is 1.18 bits per heavy atom. The highest BCUT2D eigenvalue weighted by molar-refractivity contribution is 6.35. The summed E-state index contributed by atoms with van der Waals surface area (Å²) in [5, 5.41) is 6.10. The number of nitrogens with two attached hydrogens (primary N) is 1. The van der Waals surface area contributed by atoms with Crippen molar-refractivity contribution in [3.63, 3.8) is 0 Å². The fourth-order valence-corrected chi connectivity index (χ4v) is 4.91. The van der Waals surface area contributed by atoms with E-state index in [1.807, 2.05) is 24.9 Å². The van der Waals surface area contributed by atoms with Crippen LogP contribution in [0.5, 0.6) is 0 Å². The maximum atomic E-state index is 13.8. The van der Waals surface area contributed by atoms with Gasteiger partial charge in [0.15, 0.2) is 0 Å². The Morgan fingerprint density at radius 2 is 1.97 bits per heavy atom. The van der Waals surface area contributed by atoms with Gasteiger partial charge in [0, 0.05) is 36.4 Å². The molecule has 1 aliphatic carbocycles. The van der Waals surface area contributed by atoms with Crippen LogP contribution in [0.3, 0.4) is 0 Å². The molecule has 10 heteroatoms. The summed E-state index contributed by atoms with van der Waals surface area (Å²) < 4.78 is 15.5. The molecule has 0 radical (unpaired) electrons. The number of hydrogen-bond donors (Lipinski definition) is 1. The first kappa shape index (κ1) is 24.8. The number of pyridine rings is 3. The third-order valence-corrected chi connectivity index (χ3v) is 7.18. The Kier molecular flexibility index (Phi) is 6.12. The van der Waals surface area contributed by atoms with Gasteiger partial charge in [-0.15, -0.1) is 0 Å². The number of carbonyl (C=O) groups is 1. The molecular formula is C29H23ClFN7O. The number of benzene rings is 1. The summed E-state index contributed by atoms with van der Waals surface area (Å²) in [6.07, 6.45) is 6.53. The van der Waals surface area contributed by atoms with Crippen LogP contribution in [-0.4, -0.2) is 41.6 Å². The maximum absolute atomic E-state index is 13.8. The molecule has 1 aliphatic rings. The number of halogens is 2. The lowest BCUT2D eigenvalue weighted by Gasteiger charge is -2.23. The van der Waals surface area contributed by atoms with Crippen molar-refractivity contribution in [1.82, 2.24) is 29.6 Å². The Bertz CT molecular complexity index is 1850. The second kappa shape index (κ2) is 9.64. The molecule has 0 spiro atoms. The Hall–Kier alpha value is -4.55. The van der Waals surface area contributed by atoms with Gasteiger partial charge in [0.25, 0.3) is 5.91 Å². The van der Waals surface area contributed by atoms with Crippen molar-refractivity contribution in [1.29, 1.82) is 0 Å². The van der Waals surface area contributed by atoms with Crippen LogP contribution in [0.25, 0.3) is 21.8 Å². The predicted molar refractivity (Wildman–Crippen MR) is 147 cm³/mol. The first-order valence-electron chi connectivity index (χ1n) is 12.4. The van der Waals surface area contributed by atoms with Gasteiger partial charge in [-0.05, 0) is 55.7 Å². The minimum Gasteiger partial charge on any atom is -0.383 e. The van der Waals surface area contributed by atoms with E-state index in [1.54, 1.807) is 41.3 Å². The van der Waals surface area contributed by atoms with E-state index in [-0.39, 0.29) is 17.5 Å². The molecule has 0 bridgehead atoms. The van der Waals surface area contributed by atoms with Gasteiger partial charge in [0.1, 0.15) is 5.82 Å². The number of nitrogen functional groups attached to an aromatic ring is 1. The van der Waals surface area contributed by atoms with Gasteiger partial charge < -0.3 is 10.6 Å². The monoisotopic (exact) mass is 539 g/mol. The fraction of sp³-hybridized carbons (Fsp3) is 0.207. The van der Waals surface area contributed by atoms with Crippen molar-refractivity contribution in [2.45, 2.75) is 32.4 Å². The summed E-state index contributed by atoms with van der Waals surface area (Å²) in [6, 6.07) is 8.69. The van der Waals surface area contributed by atoms with Crippen LogP contribution in [-0.2, 0) is 13.6 Å². The third kappa shape index (κ3) is 4.64. The summed E-state index contributed by atoms with van der Waals surface area (Å²) in [5.74, 6) is 5.36. The Balaban J connectivity index is 1.31.